The molecule has 0 bridgehead atoms. The zero-order valence-electron chi connectivity index (χ0n) is 5.28. The van der Waals surface area contributed by atoms with Gasteiger partial charge in [0.05, 0.1) is 0 Å². The van der Waals surface area contributed by atoms with Gasteiger partial charge in [-0.2, -0.15) is 0 Å². The van der Waals surface area contributed by atoms with Crippen LogP contribution in [0.25, 0.3) is 0 Å². The normalized spacial score (nSPS) is 28.6. The highest BCUT2D eigenvalue weighted by atomic mass is 127. The Morgan fingerprint density at radius 3 is 2.44 bits per heavy atom. The van der Waals surface area contributed by atoms with Crippen LogP contribution in [0.3, 0.4) is 0 Å². The predicted molar refractivity (Wildman–Crippen MR) is 47.1 cm³/mol. The summed E-state index contributed by atoms with van der Waals surface area (Å²) < 4.78 is 3.20. The minimum atomic E-state index is 0.666. The van der Waals surface area contributed by atoms with Gasteiger partial charge in [-0.05, 0) is 25.7 Å². The smallest absolute Gasteiger partial charge is 0.0172 e. The molecule has 0 atom stereocenters. The van der Waals surface area contributed by atoms with Crippen LogP contribution in [0.1, 0.15) is 25.7 Å². The van der Waals surface area contributed by atoms with E-state index in [9.17, 15) is 0 Å². The Morgan fingerprint density at radius 2 is 2.00 bits per heavy atom. The van der Waals surface area contributed by atoms with E-state index >= 15 is 0 Å². The quantitative estimate of drug-likeness (QED) is 0.531. The molecule has 1 aliphatic carbocycles. The Bertz CT molecular complexity index is 104. The van der Waals surface area contributed by atoms with Crippen molar-refractivity contribution < 1.29 is 0 Å². The largest absolute Gasteiger partial charge is 0.310 e. The van der Waals surface area contributed by atoms with E-state index in [0.29, 0.717) is 6.04 Å². The average Bonchev–Trinajstić information content (AvgIpc) is 1.90. The van der Waals surface area contributed by atoms with Crippen molar-refractivity contribution in [3.63, 3.8) is 0 Å². The summed E-state index contributed by atoms with van der Waals surface area (Å²) in [5, 5.41) is 7.32. The minimum absolute atomic E-state index is 0.666. The van der Waals surface area contributed by atoms with Gasteiger partial charge >= 0.3 is 0 Å². The number of hydrogen-bond donors (Lipinski definition) is 2. The lowest BCUT2D eigenvalue weighted by atomic mass is 9.95. The highest BCUT2D eigenvalue weighted by molar-refractivity contribution is 14.1. The predicted octanol–water partition coefficient (Wildman–Crippen LogP) is 1.89. The van der Waals surface area contributed by atoms with Crippen molar-refractivity contribution in [3.05, 3.63) is 0 Å². The van der Waals surface area contributed by atoms with Gasteiger partial charge in [0.25, 0.3) is 0 Å². The molecular formula is C6H11IN2. The lowest BCUT2D eigenvalue weighted by Gasteiger charge is -2.20. The fourth-order valence-electron chi connectivity index (χ4n) is 1.08. The highest BCUT2D eigenvalue weighted by Gasteiger charge is 2.14. The SMILES string of the molecule is N=C1CCC(NI)CC1. The molecule has 52 valence electrons. The molecule has 0 aromatic rings. The van der Waals surface area contributed by atoms with Gasteiger partial charge in [0.15, 0.2) is 0 Å². The van der Waals surface area contributed by atoms with Crippen LogP contribution in [0.5, 0.6) is 0 Å². The Balaban J connectivity index is 2.26. The average molecular weight is 238 g/mol. The van der Waals surface area contributed by atoms with Crippen molar-refractivity contribution >= 4 is 28.6 Å². The number of nitrogens with one attached hydrogen (secondary N) is 2. The third kappa shape index (κ3) is 2.21. The van der Waals surface area contributed by atoms with E-state index in [0.717, 1.165) is 31.4 Å². The van der Waals surface area contributed by atoms with Crippen LogP contribution >= 0.6 is 22.9 Å². The van der Waals surface area contributed by atoms with Crippen molar-refractivity contribution in [3.8, 4) is 0 Å². The van der Waals surface area contributed by atoms with E-state index < -0.39 is 0 Å². The molecule has 0 spiro atoms. The van der Waals surface area contributed by atoms with E-state index in [2.05, 4.69) is 26.4 Å². The molecule has 1 rings (SSSR count). The summed E-state index contributed by atoms with van der Waals surface area (Å²) >= 11 is 2.19. The monoisotopic (exact) mass is 238 g/mol. The molecule has 0 radical (unpaired) electrons. The van der Waals surface area contributed by atoms with Gasteiger partial charge in [-0.1, -0.05) is 0 Å². The second kappa shape index (κ2) is 3.51. The van der Waals surface area contributed by atoms with Gasteiger partial charge in [0.2, 0.25) is 0 Å². The van der Waals surface area contributed by atoms with Gasteiger partial charge in [-0.3, -0.25) is 3.53 Å². The molecule has 1 saturated carbocycles. The molecule has 0 amide bonds. The molecule has 2 N–H and O–H groups in total. The summed E-state index contributed by atoms with van der Waals surface area (Å²) in [5.41, 5.74) is 0.929. The fourth-order valence-corrected chi connectivity index (χ4v) is 1.70. The van der Waals surface area contributed by atoms with Crippen LogP contribution < -0.4 is 3.53 Å². The summed E-state index contributed by atoms with van der Waals surface area (Å²) in [6.07, 6.45) is 4.31. The molecular weight excluding hydrogens is 227 g/mol. The Labute approximate surface area is 69.4 Å². The standard InChI is InChI=1S/C6H11IN2/c7-9-6-3-1-5(8)2-4-6/h6,8-9H,1-4H2. The minimum Gasteiger partial charge on any atom is -0.310 e. The summed E-state index contributed by atoms with van der Waals surface area (Å²) in [7, 11) is 0. The molecule has 2 nitrogen and oxygen atoms in total. The number of rotatable bonds is 1. The molecule has 0 aromatic heterocycles. The van der Waals surface area contributed by atoms with Crippen molar-refractivity contribution in [2.75, 3.05) is 0 Å². The molecule has 0 aliphatic heterocycles. The first-order valence-electron chi connectivity index (χ1n) is 3.25. The lowest BCUT2D eigenvalue weighted by Crippen LogP contribution is -2.26. The second-order valence-corrected chi connectivity index (χ2v) is 3.11. The molecule has 0 saturated heterocycles. The van der Waals surface area contributed by atoms with Crippen LogP contribution in [0, 0.1) is 5.41 Å². The van der Waals surface area contributed by atoms with Crippen LogP contribution in [-0.4, -0.2) is 11.8 Å². The van der Waals surface area contributed by atoms with Crippen LogP contribution in [-0.2, 0) is 0 Å². The molecule has 3 heteroatoms. The molecule has 1 aliphatic rings. The van der Waals surface area contributed by atoms with Crippen molar-refractivity contribution in [1.82, 2.24) is 3.53 Å². The van der Waals surface area contributed by atoms with E-state index in [1.165, 1.54) is 0 Å². The van der Waals surface area contributed by atoms with Crippen LogP contribution in [0.2, 0.25) is 0 Å². The van der Waals surface area contributed by atoms with Crippen molar-refractivity contribution in [2.45, 2.75) is 31.7 Å². The first-order valence-corrected chi connectivity index (χ1v) is 4.33. The van der Waals surface area contributed by atoms with Gasteiger partial charge in [0.1, 0.15) is 0 Å². The van der Waals surface area contributed by atoms with Gasteiger partial charge in [-0.25, -0.2) is 0 Å². The van der Waals surface area contributed by atoms with Crippen LogP contribution in [0.15, 0.2) is 0 Å². The van der Waals surface area contributed by atoms with E-state index in [-0.39, 0.29) is 0 Å². The van der Waals surface area contributed by atoms with Crippen molar-refractivity contribution in [2.24, 2.45) is 0 Å². The Morgan fingerprint density at radius 1 is 1.44 bits per heavy atom. The topological polar surface area (TPSA) is 35.9 Å². The third-order valence-corrected chi connectivity index (χ3v) is 2.62. The second-order valence-electron chi connectivity index (χ2n) is 2.49. The van der Waals surface area contributed by atoms with Gasteiger partial charge in [0, 0.05) is 34.6 Å². The first-order chi connectivity index (χ1) is 4.33. The molecule has 0 aromatic carbocycles. The fraction of sp³-hybridized carbons (Fsp3) is 0.833. The highest BCUT2D eigenvalue weighted by Crippen LogP contribution is 2.15. The number of halogens is 1. The third-order valence-electron chi connectivity index (χ3n) is 1.74. The van der Waals surface area contributed by atoms with E-state index in [1.54, 1.807) is 0 Å². The van der Waals surface area contributed by atoms with Crippen molar-refractivity contribution in [1.29, 1.82) is 5.41 Å². The number of hydrogen-bond acceptors (Lipinski definition) is 2. The molecule has 9 heavy (non-hydrogen) atoms. The zero-order valence-corrected chi connectivity index (χ0v) is 7.44. The van der Waals surface area contributed by atoms with E-state index in [4.69, 9.17) is 5.41 Å². The van der Waals surface area contributed by atoms with Gasteiger partial charge in [-0.15, -0.1) is 0 Å². The van der Waals surface area contributed by atoms with Crippen LogP contribution in [0.4, 0.5) is 0 Å². The molecule has 0 unspecified atom stereocenters. The first kappa shape index (κ1) is 7.47. The van der Waals surface area contributed by atoms with Gasteiger partial charge < -0.3 is 5.41 Å². The maximum absolute atomic E-state index is 7.32. The maximum atomic E-state index is 7.32. The van der Waals surface area contributed by atoms with E-state index in [1.807, 2.05) is 0 Å². The summed E-state index contributed by atoms with van der Waals surface area (Å²) in [6, 6.07) is 0.666. The zero-order chi connectivity index (χ0) is 6.69. The maximum Gasteiger partial charge on any atom is 0.0172 e. The molecule has 1 fully saturated rings. The molecule has 0 heterocycles. The Hall–Kier alpha value is 0.360. The summed E-state index contributed by atoms with van der Waals surface area (Å²) in [6.45, 7) is 0. The Kier molecular flexibility index (Phi) is 2.91. The summed E-state index contributed by atoms with van der Waals surface area (Å²) in [4.78, 5) is 0. The summed E-state index contributed by atoms with van der Waals surface area (Å²) in [5.74, 6) is 0. The lowest BCUT2D eigenvalue weighted by molar-refractivity contribution is 0.538.